The van der Waals surface area contributed by atoms with E-state index in [1.54, 1.807) is 6.20 Å². The highest BCUT2D eigenvalue weighted by molar-refractivity contribution is 6.01. The fraction of sp³-hybridized carbons (Fsp3) is 0.308. The number of fused-ring (bicyclic) bond motifs is 1. The van der Waals surface area contributed by atoms with Crippen LogP contribution in [0.3, 0.4) is 0 Å². The molecule has 2 aliphatic rings. The molecule has 1 amide bonds. The summed E-state index contributed by atoms with van der Waals surface area (Å²) in [5.74, 6) is 0.0326. The largest absolute Gasteiger partial charge is 0.373 e. The van der Waals surface area contributed by atoms with Crippen molar-refractivity contribution in [3.05, 3.63) is 78.4 Å². The van der Waals surface area contributed by atoms with E-state index in [1.807, 2.05) is 75.2 Å². The van der Waals surface area contributed by atoms with E-state index < -0.39 is 0 Å². The summed E-state index contributed by atoms with van der Waals surface area (Å²) in [6, 6.07) is 15.9. The molecule has 0 spiro atoms. The predicted octanol–water partition coefficient (Wildman–Crippen LogP) is 3.64. The number of likely N-dealkylation sites (tertiary alicyclic amines) is 1. The second-order valence-corrected chi connectivity index (χ2v) is 8.77. The van der Waals surface area contributed by atoms with E-state index in [0.717, 1.165) is 47.6 Å². The number of amides is 1. The first-order chi connectivity index (χ1) is 16.8. The molecule has 1 atom stereocenters. The third kappa shape index (κ3) is 3.80. The summed E-state index contributed by atoms with van der Waals surface area (Å²) in [4.78, 5) is 20.4. The van der Waals surface area contributed by atoms with Gasteiger partial charge in [-0.1, -0.05) is 36.4 Å². The lowest BCUT2D eigenvalue weighted by molar-refractivity contribution is 0.0675. The molecular formula is C26H26N6O2. The lowest BCUT2D eigenvalue weighted by Crippen LogP contribution is -2.39. The topological polar surface area (TPSA) is 78.1 Å². The van der Waals surface area contributed by atoms with E-state index in [0.29, 0.717) is 31.9 Å². The Hall–Kier alpha value is -3.78. The van der Waals surface area contributed by atoms with Crippen LogP contribution in [0.5, 0.6) is 0 Å². The van der Waals surface area contributed by atoms with Crippen LogP contribution in [-0.2, 0) is 24.4 Å². The molecule has 0 N–H and O–H groups in total. The van der Waals surface area contributed by atoms with Crippen molar-refractivity contribution < 1.29 is 9.53 Å². The van der Waals surface area contributed by atoms with Crippen molar-refractivity contribution in [2.75, 3.05) is 13.2 Å². The van der Waals surface area contributed by atoms with Crippen LogP contribution in [0.15, 0.2) is 67.1 Å². The van der Waals surface area contributed by atoms with Crippen molar-refractivity contribution in [2.45, 2.75) is 38.6 Å². The fourth-order valence-electron chi connectivity index (χ4n) is 4.95. The van der Waals surface area contributed by atoms with Gasteiger partial charge in [-0.15, -0.1) is 0 Å². The number of nitrogens with zero attached hydrogens (tertiary/aromatic N) is 6. The Kier molecular flexibility index (Phi) is 5.43. The van der Waals surface area contributed by atoms with E-state index in [2.05, 4.69) is 10.1 Å². The summed E-state index contributed by atoms with van der Waals surface area (Å²) in [6.07, 6.45) is 7.55. The van der Waals surface area contributed by atoms with Crippen LogP contribution in [-0.4, -0.2) is 54.5 Å². The van der Waals surface area contributed by atoms with Crippen molar-refractivity contribution in [3.63, 3.8) is 0 Å². The van der Waals surface area contributed by atoms with Crippen LogP contribution >= 0.6 is 0 Å². The Bertz CT molecular complexity index is 1300. The summed E-state index contributed by atoms with van der Waals surface area (Å²) in [6.45, 7) is 3.07. The molecule has 0 unspecified atom stereocenters. The standard InChI is InChI=1S/C26H26N6O2/c33-26(24-23-18-34-14-13-32(23)29-25(24)19-7-2-1-3-8-19)31-12-6-9-21(31)17-30-16-20(15-28-30)22-10-4-5-11-27-22/h1-5,7-8,10-11,15-16,21H,6,9,12-14,17-18H2/t21-/m0/s1. The predicted molar refractivity (Wildman–Crippen MR) is 127 cm³/mol. The van der Waals surface area contributed by atoms with Gasteiger partial charge in [0, 0.05) is 30.1 Å². The molecule has 34 heavy (non-hydrogen) atoms. The van der Waals surface area contributed by atoms with Crippen LogP contribution in [0, 0.1) is 0 Å². The van der Waals surface area contributed by atoms with Crippen LogP contribution in [0.25, 0.3) is 22.5 Å². The highest BCUT2D eigenvalue weighted by atomic mass is 16.5. The van der Waals surface area contributed by atoms with Crippen LogP contribution in [0.1, 0.15) is 28.9 Å². The molecule has 0 saturated carbocycles. The summed E-state index contributed by atoms with van der Waals surface area (Å²) in [5.41, 5.74) is 5.12. The zero-order valence-corrected chi connectivity index (χ0v) is 18.9. The molecule has 2 aliphatic heterocycles. The SMILES string of the molecule is O=C(c1c(-c2ccccc2)nn2c1COCC2)N1CCC[C@H]1Cn1cc(-c2ccccn2)cn1. The first-order valence-corrected chi connectivity index (χ1v) is 11.8. The average Bonchev–Trinajstić information content (AvgIpc) is 3.64. The number of carbonyl (C=O) groups excluding carboxylic acids is 1. The van der Waals surface area contributed by atoms with Gasteiger partial charge in [-0.05, 0) is 25.0 Å². The van der Waals surface area contributed by atoms with Crippen molar-refractivity contribution >= 4 is 5.91 Å². The van der Waals surface area contributed by atoms with Crippen molar-refractivity contribution in [1.82, 2.24) is 29.4 Å². The van der Waals surface area contributed by atoms with E-state index >= 15 is 0 Å². The second kappa shape index (κ2) is 8.87. The number of hydrogen-bond donors (Lipinski definition) is 0. The Balaban J connectivity index is 1.29. The van der Waals surface area contributed by atoms with Crippen molar-refractivity contribution in [2.24, 2.45) is 0 Å². The molecule has 4 aromatic rings. The maximum absolute atomic E-state index is 14.0. The van der Waals surface area contributed by atoms with Gasteiger partial charge in [0.05, 0.1) is 55.5 Å². The molecule has 172 valence electrons. The van der Waals surface area contributed by atoms with E-state index in [9.17, 15) is 4.79 Å². The number of pyridine rings is 1. The smallest absolute Gasteiger partial charge is 0.258 e. The maximum atomic E-state index is 14.0. The molecule has 0 aliphatic carbocycles. The van der Waals surface area contributed by atoms with E-state index in [-0.39, 0.29) is 11.9 Å². The number of carbonyl (C=O) groups is 1. The van der Waals surface area contributed by atoms with Crippen molar-refractivity contribution in [3.8, 4) is 22.5 Å². The Morgan fingerprint density at radius 1 is 1.06 bits per heavy atom. The Morgan fingerprint density at radius 3 is 2.79 bits per heavy atom. The molecule has 8 heteroatoms. The first-order valence-electron chi connectivity index (χ1n) is 11.8. The summed E-state index contributed by atoms with van der Waals surface area (Å²) in [5, 5.41) is 9.37. The summed E-state index contributed by atoms with van der Waals surface area (Å²) < 4.78 is 9.58. The molecule has 5 heterocycles. The van der Waals surface area contributed by atoms with Crippen molar-refractivity contribution in [1.29, 1.82) is 0 Å². The quantitative estimate of drug-likeness (QED) is 0.460. The van der Waals surface area contributed by atoms with Crippen LogP contribution in [0.4, 0.5) is 0 Å². The monoisotopic (exact) mass is 454 g/mol. The lowest BCUT2D eigenvalue weighted by Gasteiger charge is -2.26. The van der Waals surface area contributed by atoms with Gasteiger partial charge >= 0.3 is 0 Å². The molecule has 0 radical (unpaired) electrons. The van der Waals surface area contributed by atoms with Gasteiger partial charge in [-0.3, -0.25) is 19.1 Å². The van der Waals surface area contributed by atoms with Gasteiger partial charge in [-0.25, -0.2) is 0 Å². The normalized spacial score (nSPS) is 17.6. The first kappa shape index (κ1) is 20.8. The molecular weight excluding hydrogens is 428 g/mol. The van der Waals surface area contributed by atoms with E-state index in [4.69, 9.17) is 9.84 Å². The van der Waals surface area contributed by atoms with Gasteiger partial charge in [0.15, 0.2) is 0 Å². The molecule has 1 saturated heterocycles. The minimum atomic E-state index is 0.0326. The zero-order chi connectivity index (χ0) is 22.9. The van der Waals surface area contributed by atoms with Gasteiger partial charge in [0.1, 0.15) is 5.69 Å². The van der Waals surface area contributed by atoms with Gasteiger partial charge in [0.25, 0.3) is 5.91 Å². The molecule has 3 aromatic heterocycles. The highest BCUT2D eigenvalue weighted by Gasteiger charge is 2.35. The third-order valence-corrected chi connectivity index (χ3v) is 6.63. The maximum Gasteiger partial charge on any atom is 0.258 e. The lowest BCUT2D eigenvalue weighted by atomic mass is 10.0. The number of aromatic nitrogens is 5. The summed E-state index contributed by atoms with van der Waals surface area (Å²) >= 11 is 0. The number of rotatable bonds is 5. The molecule has 1 aromatic carbocycles. The number of hydrogen-bond acceptors (Lipinski definition) is 5. The number of ether oxygens (including phenoxy) is 1. The second-order valence-electron chi connectivity index (χ2n) is 8.77. The fourth-order valence-corrected chi connectivity index (χ4v) is 4.95. The summed E-state index contributed by atoms with van der Waals surface area (Å²) in [7, 11) is 0. The highest BCUT2D eigenvalue weighted by Crippen LogP contribution is 2.31. The van der Waals surface area contributed by atoms with Gasteiger partial charge in [-0.2, -0.15) is 10.2 Å². The molecule has 1 fully saturated rings. The minimum Gasteiger partial charge on any atom is -0.373 e. The molecule has 8 nitrogen and oxygen atoms in total. The van der Waals surface area contributed by atoms with Crippen LogP contribution in [0.2, 0.25) is 0 Å². The van der Waals surface area contributed by atoms with Gasteiger partial charge in [0.2, 0.25) is 0 Å². The van der Waals surface area contributed by atoms with E-state index in [1.165, 1.54) is 0 Å². The third-order valence-electron chi connectivity index (χ3n) is 6.63. The average molecular weight is 455 g/mol. The zero-order valence-electron chi connectivity index (χ0n) is 18.9. The van der Waals surface area contributed by atoms with Gasteiger partial charge < -0.3 is 9.64 Å². The minimum absolute atomic E-state index is 0.0326. The number of benzene rings is 1. The van der Waals surface area contributed by atoms with Crippen LogP contribution < -0.4 is 0 Å². The molecule has 0 bridgehead atoms. The Labute approximate surface area is 197 Å². The molecule has 6 rings (SSSR count). The Morgan fingerprint density at radius 2 is 1.94 bits per heavy atom.